The molecular formula is C27H38N4O. The van der Waals surface area contributed by atoms with E-state index >= 15 is 0 Å². The first-order chi connectivity index (χ1) is 15.6. The van der Waals surface area contributed by atoms with E-state index in [4.69, 9.17) is 0 Å². The average molecular weight is 435 g/mol. The molecule has 2 aliphatic rings. The van der Waals surface area contributed by atoms with Crippen molar-refractivity contribution in [2.24, 2.45) is 5.92 Å². The van der Waals surface area contributed by atoms with Crippen LogP contribution in [0.2, 0.25) is 0 Å². The van der Waals surface area contributed by atoms with Gasteiger partial charge in [-0.3, -0.25) is 9.78 Å². The first-order valence-corrected chi connectivity index (χ1v) is 12.3. The number of aryl methyl sites for hydroxylation is 1. The minimum atomic E-state index is 0.151. The van der Waals surface area contributed by atoms with Crippen LogP contribution in [0.3, 0.4) is 0 Å². The third-order valence-corrected chi connectivity index (χ3v) is 7.38. The minimum Gasteiger partial charge on any atom is -0.352 e. The van der Waals surface area contributed by atoms with Crippen molar-refractivity contribution in [3.63, 3.8) is 0 Å². The highest BCUT2D eigenvalue weighted by Gasteiger charge is 2.31. The summed E-state index contributed by atoms with van der Waals surface area (Å²) in [6.45, 7) is 9.56. The molecule has 4 rings (SSSR count). The van der Waals surface area contributed by atoms with Gasteiger partial charge in [-0.05, 0) is 89.3 Å². The first-order valence-electron chi connectivity index (χ1n) is 12.3. The third kappa shape index (κ3) is 6.17. The second-order valence-corrected chi connectivity index (χ2v) is 9.70. The molecule has 0 spiro atoms. The Morgan fingerprint density at radius 2 is 1.75 bits per heavy atom. The van der Waals surface area contributed by atoms with Crippen LogP contribution in [0.4, 0.5) is 0 Å². The molecule has 1 N–H and O–H groups in total. The summed E-state index contributed by atoms with van der Waals surface area (Å²) in [5.41, 5.74) is 3.83. The Kier molecular flexibility index (Phi) is 7.93. The summed E-state index contributed by atoms with van der Waals surface area (Å²) in [5.74, 6) is 0.353. The number of rotatable bonds is 7. The van der Waals surface area contributed by atoms with Gasteiger partial charge in [-0.2, -0.15) is 0 Å². The van der Waals surface area contributed by atoms with E-state index in [1.165, 1.54) is 37.1 Å². The van der Waals surface area contributed by atoms with Gasteiger partial charge in [0.1, 0.15) is 0 Å². The Morgan fingerprint density at radius 3 is 2.41 bits per heavy atom. The van der Waals surface area contributed by atoms with E-state index in [1.54, 1.807) is 6.20 Å². The highest BCUT2D eigenvalue weighted by Crippen LogP contribution is 2.25. The molecule has 0 radical (unpaired) electrons. The predicted octanol–water partition coefficient (Wildman–Crippen LogP) is 3.81. The van der Waals surface area contributed by atoms with E-state index in [0.717, 1.165) is 37.9 Å². The number of benzene rings is 1. The standard InChI is InChI=1S/C27H38N4O/c1-21-5-7-23(8-6-21)18-22(2)30-16-11-26(12-17-30)31-14-9-25(10-15-31)27(32)29-20-24-4-3-13-28-19-24/h3-8,13,19,22,25-26H,9-12,14-18,20H2,1-2H3,(H,29,32)/t22-/m0/s1. The van der Waals surface area contributed by atoms with Gasteiger partial charge >= 0.3 is 0 Å². The van der Waals surface area contributed by atoms with Crippen LogP contribution in [-0.4, -0.2) is 59.0 Å². The maximum absolute atomic E-state index is 12.6. The zero-order chi connectivity index (χ0) is 22.3. The maximum atomic E-state index is 12.6. The van der Waals surface area contributed by atoms with Gasteiger partial charge in [-0.25, -0.2) is 0 Å². The van der Waals surface area contributed by atoms with E-state index in [1.807, 2.05) is 18.3 Å². The SMILES string of the molecule is Cc1ccc(C[C@H](C)N2CCC(N3CCC(C(=O)NCc4cccnc4)CC3)CC2)cc1. The van der Waals surface area contributed by atoms with E-state index in [9.17, 15) is 4.79 Å². The fourth-order valence-corrected chi connectivity index (χ4v) is 5.25. The molecule has 2 fully saturated rings. The Labute approximate surface area is 193 Å². The molecule has 1 amide bonds. The zero-order valence-electron chi connectivity index (χ0n) is 19.7. The number of carbonyl (C=O) groups excluding carboxylic acids is 1. The van der Waals surface area contributed by atoms with E-state index in [0.29, 0.717) is 18.6 Å². The number of amides is 1. The van der Waals surface area contributed by atoms with Gasteiger partial charge in [0.05, 0.1) is 0 Å². The number of likely N-dealkylation sites (tertiary alicyclic amines) is 2. The van der Waals surface area contributed by atoms with Crippen molar-refractivity contribution in [1.29, 1.82) is 0 Å². The highest BCUT2D eigenvalue weighted by molar-refractivity contribution is 5.78. The molecule has 0 unspecified atom stereocenters. The molecule has 5 heteroatoms. The van der Waals surface area contributed by atoms with Crippen molar-refractivity contribution in [3.8, 4) is 0 Å². The topological polar surface area (TPSA) is 48.5 Å². The van der Waals surface area contributed by atoms with Crippen LogP contribution in [0, 0.1) is 12.8 Å². The molecular weight excluding hydrogens is 396 g/mol. The number of nitrogens with one attached hydrogen (secondary N) is 1. The molecule has 2 aromatic rings. The second kappa shape index (κ2) is 11.1. The summed E-state index contributed by atoms with van der Waals surface area (Å²) >= 11 is 0. The number of aromatic nitrogens is 1. The van der Waals surface area contributed by atoms with Gasteiger partial charge in [0.25, 0.3) is 0 Å². The maximum Gasteiger partial charge on any atom is 0.223 e. The van der Waals surface area contributed by atoms with E-state index < -0.39 is 0 Å². The lowest BCUT2D eigenvalue weighted by molar-refractivity contribution is -0.126. The summed E-state index contributed by atoms with van der Waals surface area (Å²) in [5, 5.41) is 3.10. The molecule has 1 aromatic heterocycles. The summed E-state index contributed by atoms with van der Waals surface area (Å²) in [4.78, 5) is 22.0. The molecule has 2 saturated heterocycles. The largest absolute Gasteiger partial charge is 0.352 e. The Morgan fingerprint density at radius 1 is 1.03 bits per heavy atom. The molecule has 1 atom stereocenters. The zero-order valence-corrected chi connectivity index (χ0v) is 19.7. The molecule has 172 valence electrons. The molecule has 32 heavy (non-hydrogen) atoms. The van der Waals surface area contributed by atoms with E-state index in [-0.39, 0.29) is 11.8 Å². The third-order valence-electron chi connectivity index (χ3n) is 7.38. The predicted molar refractivity (Wildman–Crippen MR) is 129 cm³/mol. The monoisotopic (exact) mass is 434 g/mol. The number of hydrogen-bond donors (Lipinski definition) is 1. The average Bonchev–Trinajstić information content (AvgIpc) is 2.85. The molecule has 0 aliphatic carbocycles. The Balaban J connectivity index is 1.16. The molecule has 0 bridgehead atoms. The lowest BCUT2D eigenvalue weighted by Gasteiger charge is -2.43. The lowest BCUT2D eigenvalue weighted by atomic mass is 9.92. The highest BCUT2D eigenvalue weighted by atomic mass is 16.1. The van der Waals surface area contributed by atoms with Gasteiger partial charge in [0, 0.05) is 36.9 Å². The van der Waals surface area contributed by atoms with Crippen molar-refractivity contribution in [3.05, 3.63) is 65.5 Å². The smallest absolute Gasteiger partial charge is 0.223 e. The molecule has 1 aromatic carbocycles. The fourth-order valence-electron chi connectivity index (χ4n) is 5.25. The lowest BCUT2D eigenvalue weighted by Crippen LogP contribution is -2.50. The summed E-state index contributed by atoms with van der Waals surface area (Å²) in [7, 11) is 0. The quantitative estimate of drug-likeness (QED) is 0.720. The van der Waals surface area contributed by atoms with Crippen molar-refractivity contribution in [1.82, 2.24) is 20.1 Å². The van der Waals surface area contributed by atoms with Crippen molar-refractivity contribution < 1.29 is 4.79 Å². The number of pyridine rings is 1. The summed E-state index contributed by atoms with van der Waals surface area (Å²) in [6.07, 6.45) is 9.15. The molecule has 2 aliphatic heterocycles. The van der Waals surface area contributed by atoms with Crippen LogP contribution >= 0.6 is 0 Å². The minimum absolute atomic E-state index is 0.151. The second-order valence-electron chi connectivity index (χ2n) is 9.70. The van der Waals surface area contributed by atoms with Crippen LogP contribution in [0.1, 0.15) is 49.3 Å². The van der Waals surface area contributed by atoms with Gasteiger partial charge in [0.2, 0.25) is 5.91 Å². The number of piperidine rings is 2. The van der Waals surface area contributed by atoms with Crippen LogP contribution in [0.15, 0.2) is 48.8 Å². The molecule has 3 heterocycles. The van der Waals surface area contributed by atoms with E-state index in [2.05, 4.69) is 58.2 Å². The molecule has 5 nitrogen and oxygen atoms in total. The van der Waals surface area contributed by atoms with Crippen molar-refractivity contribution in [2.45, 2.75) is 64.6 Å². The number of carbonyl (C=O) groups is 1. The van der Waals surface area contributed by atoms with Gasteiger partial charge in [-0.15, -0.1) is 0 Å². The summed E-state index contributed by atoms with van der Waals surface area (Å²) in [6, 6.07) is 14.2. The van der Waals surface area contributed by atoms with Gasteiger partial charge < -0.3 is 15.1 Å². The Hall–Kier alpha value is -2.24. The normalized spacial score (nSPS) is 20.2. The van der Waals surface area contributed by atoms with Gasteiger partial charge in [0.15, 0.2) is 0 Å². The fraction of sp³-hybridized carbons (Fsp3) is 0.556. The van der Waals surface area contributed by atoms with Crippen molar-refractivity contribution in [2.75, 3.05) is 26.2 Å². The van der Waals surface area contributed by atoms with Crippen LogP contribution < -0.4 is 5.32 Å². The van der Waals surface area contributed by atoms with Gasteiger partial charge in [-0.1, -0.05) is 35.9 Å². The van der Waals surface area contributed by atoms with Crippen LogP contribution in [0.25, 0.3) is 0 Å². The Bertz CT molecular complexity index is 838. The number of hydrogen-bond acceptors (Lipinski definition) is 4. The first kappa shape index (κ1) is 22.9. The molecule has 0 saturated carbocycles. The van der Waals surface area contributed by atoms with Crippen molar-refractivity contribution >= 4 is 5.91 Å². The summed E-state index contributed by atoms with van der Waals surface area (Å²) < 4.78 is 0. The van der Waals surface area contributed by atoms with Crippen LogP contribution in [0.5, 0.6) is 0 Å². The number of nitrogens with zero attached hydrogens (tertiary/aromatic N) is 3. The van der Waals surface area contributed by atoms with Crippen LogP contribution in [-0.2, 0) is 17.8 Å².